The first-order chi connectivity index (χ1) is 12.8. The molecule has 26 heavy (non-hydrogen) atoms. The SMILES string of the molecule is N#Cc1c(-c2ccccc2)cc(NCCO)nc1OCc1ccccc1. The zero-order chi connectivity index (χ0) is 18.2. The minimum atomic E-state index is -0.0114. The average Bonchev–Trinajstić information content (AvgIpc) is 2.71. The van der Waals surface area contributed by atoms with Crippen LogP contribution in [0.3, 0.4) is 0 Å². The van der Waals surface area contributed by atoms with E-state index in [2.05, 4.69) is 16.4 Å². The molecule has 0 spiro atoms. The molecular weight excluding hydrogens is 326 g/mol. The zero-order valence-corrected chi connectivity index (χ0v) is 14.2. The highest BCUT2D eigenvalue weighted by molar-refractivity contribution is 5.75. The van der Waals surface area contributed by atoms with Crippen LogP contribution >= 0.6 is 0 Å². The van der Waals surface area contributed by atoms with Gasteiger partial charge < -0.3 is 15.2 Å². The van der Waals surface area contributed by atoms with Crippen molar-refractivity contribution >= 4 is 5.82 Å². The topological polar surface area (TPSA) is 78.2 Å². The van der Waals surface area contributed by atoms with Gasteiger partial charge in [0.2, 0.25) is 5.88 Å². The van der Waals surface area contributed by atoms with Crippen molar-refractivity contribution < 1.29 is 9.84 Å². The molecule has 1 aromatic heterocycles. The van der Waals surface area contributed by atoms with E-state index in [-0.39, 0.29) is 12.5 Å². The smallest absolute Gasteiger partial charge is 0.234 e. The van der Waals surface area contributed by atoms with E-state index in [4.69, 9.17) is 9.84 Å². The van der Waals surface area contributed by atoms with Crippen molar-refractivity contribution in [1.29, 1.82) is 5.26 Å². The highest BCUT2D eigenvalue weighted by atomic mass is 16.5. The van der Waals surface area contributed by atoms with E-state index in [0.717, 1.165) is 16.7 Å². The van der Waals surface area contributed by atoms with Crippen molar-refractivity contribution in [2.45, 2.75) is 6.61 Å². The standard InChI is InChI=1S/C21H19N3O2/c22-14-19-18(17-9-5-2-6-10-17)13-20(23-11-12-25)24-21(19)26-15-16-7-3-1-4-8-16/h1-10,13,25H,11-12,15H2,(H,23,24). The number of aliphatic hydroxyl groups is 1. The molecule has 0 fully saturated rings. The summed E-state index contributed by atoms with van der Waals surface area (Å²) in [6, 6.07) is 23.4. The van der Waals surface area contributed by atoms with Crippen LogP contribution in [0.25, 0.3) is 11.1 Å². The van der Waals surface area contributed by atoms with Gasteiger partial charge in [0.15, 0.2) is 0 Å². The summed E-state index contributed by atoms with van der Waals surface area (Å²) in [5.41, 5.74) is 3.03. The summed E-state index contributed by atoms with van der Waals surface area (Å²) in [5, 5.41) is 21.8. The number of aromatic nitrogens is 1. The Morgan fingerprint density at radius 2 is 1.73 bits per heavy atom. The lowest BCUT2D eigenvalue weighted by Crippen LogP contribution is -2.09. The molecule has 0 bridgehead atoms. The molecule has 0 aliphatic carbocycles. The van der Waals surface area contributed by atoms with Crippen molar-refractivity contribution in [3.8, 4) is 23.1 Å². The number of aliphatic hydroxyl groups excluding tert-OH is 1. The number of nitriles is 1. The van der Waals surface area contributed by atoms with E-state index < -0.39 is 0 Å². The van der Waals surface area contributed by atoms with Crippen molar-refractivity contribution in [2.24, 2.45) is 0 Å². The summed E-state index contributed by atoms with van der Waals surface area (Å²) < 4.78 is 5.86. The second-order valence-corrected chi connectivity index (χ2v) is 5.64. The van der Waals surface area contributed by atoms with E-state index >= 15 is 0 Å². The van der Waals surface area contributed by atoms with Gasteiger partial charge in [0, 0.05) is 12.1 Å². The number of nitrogens with zero attached hydrogens (tertiary/aromatic N) is 2. The molecule has 0 aliphatic heterocycles. The monoisotopic (exact) mass is 345 g/mol. The van der Waals surface area contributed by atoms with Gasteiger partial charge in [-0.25, -0.2) is 0 Å². The maximum absolute atomic E-state index is 9.69. The van der Waals surface area contributed by atoms with Crippen LogP contribution < -0.4 is 10.1 Å². The van der Waals surface area contributed by atoms with E-state index in [0.29, 0.717) is 24.5 Å². The molecule has 2 aromatic carbocycles. The minimum Gasteiger partial charge on any atom is -0.472 e. The van der Waals surface area contributed by atoms with Gasteiger partial charge in [-0.3, -0.25) is 0 Å². The van der Waals surface area contributed by atoms with Crippen LogP contribution in [0.2, 0.25) is 0 Å². The zero-order valence-electron chi connectivity index (χ0n) is 14.2. The Kier molecular flexibility index (Phi) is 5.81. The fraction of sp³-hybridized carbons (Fsp3) is 0.143. The van der Waals surface area contributed by atoms with Gasteiger partial charge in [-0.1, -0.05) is 60.7 Å². The summed E-state index contributed by atoms with van der Waals surface area (Å²) in [5.74, 6) is 0.832. The molecule has 2 N–H and O–H groups in total. The fourth-order valence-electron chi connectivity index (χ4n) is 2.58. The van der Waals surface area contributed by atoms with E-state index in [1.165, 1.54) is 0 Å². The number of hydrogen-bond acceptors (Lipinski definition) is 5. The lowest BCUT2D eigenvalue weighted by molar-refractivity contribution is 0.293. The number of pyridine rings is 1. The number of anilines is 1. The van der Waals surface area contributed by atoms with Gasteiger partial charge in [-0.2, -0.15) is 10.2 Å². The third-order valence-electron chi connectivity index (χ3n) is 3.82. The summed E-state index contributed by atoms with van der Waals surface area (Å²) in [4.78, 5) is 4.42. The van der Waals surface area contributed by atoms with Crippen LogP contribution in [0.1, 0.15) is 11.1 Å². The van der Waals surface area contributed by atoms with Crippen LogP contribution in [-0.4, -0.2) is 23.2 Å². The van der Waals surface area contributed by atoms with Gasteiger partial charge in [0.1, 0.15) is 24.1 Å². The minimum absolute atomic E-state index is 0.0114. The third kappa shape index (κ3) is 4.18. The first-order valence-electron chi connectivity index (χ1n) is 8.34. The summed E-state index contributed by atoms with van der Waals surface area (Å²) in [6.45, 7) is 0.675. The molecule has 0 saturated carbocycles. The maximum atomic E-state index is 9.69. The molecular formula is C21H19N3O2. The highest BCUT2D eigenvalue weighted by Gasteiger charge is 2.15. The summed E-state index contributed by atoms with van der Waals surface area (Å²) in [6.07, 6.45) is 0. The van der Waals surface area contributed by atoms with Crippen LogP contribution in [0.4, 0.5) is 5.82 Å². The number of hydrogen-bond donors (Lipinski definition) is 2. The van der Waals surface area contributed by atoms with Crippen molar-refractivity contribution in [1.82, 2.24) is 4.98 Å². The van der Waals surface area contributed by atoms with Gasteiger partial charge in [0.05, 0.1) is 6.61 Å². The first kappa shape index (κ1) is 17.5. The normalized spacial score (nSPS) is 10.2. The number of benzene rings is 2. The first-order valence-corrected chi connectivity index (χ1v) is 8.34. The van der Waals surface area contributed by atoms with Crippen molar-refractivity contribution in [3.63, 3.8) is 0 Å². The molecule has 5 heteroatoms. The Hall–Kier alpha value is -3.36. The van der Waals surface area contributed by atoms with E-state index in [1.54, 1.807) is 6.07 Å². The second-order valence-electron chi connectivity index (χ2n) is 5.64. The Bertz CT molecular complexity index is 890. The predicted molar refractivity (Wildman–Crippen MR) is 101 cm³/mol. The van der Waals surface area contributed by atoms with Gasteiger partial charge in [0.25, 0.3) is 0 Å². The Morgan fingerprint density at radius 1 is 1.04 bits per heavy atom. The van der Waals surface area contributed by atoms with Crippen LogP contribution in [-0.2, 0) is 6.61 Å². The van der Waals surface area contributed by atoms with Gasteiger partial charge >= 0.3 is 0 Å². The van der Waals surface area contributed by atoms with Gasteiger partial charge in [-0.15, -0.1) is 0 Å². The molecule has 3 rings (SSSR count). The van der Waals surface area contributed by atoms with Gasteiger partial charge in [-0.05, 0) is 17.2 Å². The van der Waals surface area contributed by atoms with Crippen LogP contribution in [0, 0.1) is 11.3 Å². The van der Waals surface area contributed by atoms with Crippen molar-refractivity contribution in [2.75, 3.05) is 18.5 Å². The Balaban J connectivity index is 1.99. The van der Waals surface area contributed by atoms with E-state index in [1.807, 2.05) is 60.7 Å². The molecule has 130 valence electrons. The molecule has 0 aliphatic rings. The molecule has 5 nitrogen and oxygen atoms in total. The molecule has 0 amide bonds. The summed E-state index contributed by atoms with van der Waals surface area (Å²) in [7, 11) is 0. The fourth-order valence-corrected chi connectivity index (χ4v) is 2.58. The highest BCUT2D eigenvalue weighted by Crippen LogP contribution is 2.31. The number of nitrogens with one attached hydrogen (secondary N) is 1. The lowest BCUT2D eigenvalue weighted by atomic mass is 10.0. The maximum Gasteiger partial charge on any atom is 0.234 e. The third-order valence-corrected chi connectivity index (χ3v) is 3.82. The molecule has 0 unspecified atom stereocenters. The number of ether oxygens (including phenoxy) is 1. The summed E-state index contributed by atoms with van der Waals surface area (Å²) >= 11 is 0. The number of rotatable bonds is 7. The molecule has 0 radical (unpaired) electrons. The lowest BCUT2D eigenvalue weighted by Gasteiger charge is -2.14. The molecule has 0 atom stereocenters. The van der Waals surface area contributed by atoms with Crippen molar-refractivity contribution in [3.05, 3.63) is 77.9 Å². The average molecular weight is 345 g/mol. The molecule has 3 aromatic rings. The quantitative estimate of drug-likeness (QED) is 0.684. The predicted octanol–water partition coefficient (Wildman–Crippen LogP) is 3.60. The Labute approximate surface area is 152 Å². The molecule has 0 saturated heterocycles. The Morgan fingerprint density at radius 3 is 2.38 bits per heavy atom. The molecule has 1 heterocycles. The largest absolute Gasteiger partial charge is 0.472 e. The second kappa shape index (κ2) is 8.65. The van der Waals surface area contributed by atoms with Crippen LogP contribution in [0.5, 0.6) is 5.88 Å². The van der Waals surface area contributed by atoms with E-state index in [9.17, 15) is 5.26 Å². The van der Waals surface area contributed by atoms with Crippen LogP contribution in [0.15, 0.2) is 66.7 Å².